The van der Waals surface area contributed by atoms with Crippen molar-refractivity contribution >= 4 is 17.9 Å². The summed E-state index contributed by atoms with van der Waals surface area (Å²) in [5.41, 5.74) is 1.37. The third-order valence-electron chi connectivity index (χ3n) is 3.24. The summed E-state index contributed by atoms with van der Waals surface area (Å²) >= 11 is 0. The number of hydrogen-bond acceptors (Lipinski definition) is 5. The van der Waals surface area contributed by atoms with Gasteiger partial charge in [-0.2, -0.15) is 10.4 Å². The molecule has 2 N–H and O–H groups in total. The number of hydrogen-bond donors (Lipinski definition) is 2. The summed E-state index contributed by atoms with van der Waals surface area (Å²) in [6.45, 7) is 0. The van der Waals surface area contributed by atoms with Crippen molar-refractivity contribution in [3.05, 3.63) is 35.4 Å². The van der Waals surface area contributed by atoms with Crippen LogP contribution >= 0.6 is 0 Å². The van der Waals surface area contributed by atoms with Crippen LogP contribution in [0, 0.1) is 11.3 Å². The van der Waals surface area contributed by atoms with Crippen LogP contribution in [0.3, 0.4) is 0 Å². The number of H-pyrrole nitrogens is 1. The van der Waals surface area contributed by atoms with E-state index in [-0.39, 0.29) is 0 Å². The normalized spacial score (nSPS) is 14.1. The van der Waals surface area contributed by atoms with Crippen molar-refractivity contribution in [2.75, 3.05) is 12.4 Å². The number of nitrogens with one attached hydrogen (secondary N) is 2. The molecule has 1 fully saturated rings. The van der Waals surface area contributed by atoms with Gasteiger partial charge in [-0.1, -0.05) is 0 Å². The Labute approximate surface area is 122 Å². The highest BCUT2D eigenvalue weighted by atomic mass is 16.5. The number of nitrogens with zero attached hydrogens (tertiary/aromatic N) is 3. The van der Waals surface area contributed by atoms with Gasteiger partial charge in [-0.3, -0.25) is 5.10 Å². The molecule has 0 saturated heterocycles. The van der Waals surface area contributed by atoms with Gasteiger partial charge in [0.15, 0.2) is 11.6 Å². The lowest BCUT2D eigenvalue weighted by Crippen LogP contribution is -2.02. The van der Waals surface area contributed by atoms with Crippen molar-refractivity contribution in [3.8, 4) is 11.8 Å². The maximum absolute atomic E-state index is 9.25. The van der Waals surface area contributed by atoms with E-state index in [9.17, 15) is 5.26 Å². The van der Waals surface area contributed by atoms with E-state index < -0.39 is 0 Å². The topological polar surface area (TPSA) is 86.1 Å². The predicted molar refractivity (Wildman–Crippen MR) is 80.2 cm³/mol. The lowest BCUT2D eigenvalue weighted by Gasteiger charge is -1.99. The number of anilines is 1. The molecule has 1 aromatic heterocycles. The first-order chi connectivity index (χ1) is 10.3. The number of methoxy groups -OCH3 is 1. The van der Waals surface area contributed by atoms with E-state index in [4.69, 9.17) is 4.74 Å². The molecule has 106 valence electrons. The van der Waals surface area contributed by atoms with Crippen molar-refractivity contribution in [2.45, 2.75) is 18.9 Å². The summed E-state index contributed by atoms with van der Waals surface area (Å²) < 4.78 is 5.10. The molecular formula is C15H15N5O. The summed E-state index contributed by atoms with van der Waals surface area (Å²) in [5.74, 6) is 1.85. The van der Waals surface area contributed by atoms with Crippen LogP contribution in [-0.4, -0.2) is 29.6 Å². The lowest BCUT2D eigenvalue weighted by molar-refractivity contribution is 0.415. The van der Waals surface area contributed by atoms with Crippen molar-refractivity contribution in [2.24, 2.45) is 4.99 Å². The molecule has 0 amide bonds. The van der Waals surface area contributed by atoms with Crippen LogP contribution in [0.15, 0.2) is 29.3 Å². The van der Waals surface area contributed by atoms with E-state index in [0.717, 1.165) is 24.2 Å². The lowest BCUT2D eigenvalue weighted by atomic mass is 10.2. The van der Waals surface area contributed by atoms with E-state index in [1.807, 2.05) is 24.3 Å². The number of benzene rings is 1. The summed E-state index contributed by atoms with van der Waals surface area (Å²) in [6.07, 6.45) is 3.94. The average Bonchev–Trinajstić information content (AvgIpc) is 3.25. The van der Waals surface area contributed by atoms with Crippen molar-refractivity contribution in [3.63, 3.8) is 0 Å². The van der Waals surface area contributed by atoms with Gasteiger partial charge in [0.2, 0.25) is 0 Å². The molecule has 0 atom stereocenters. The smallest absolute Gasteiger partial charge is 0.168 e. The molecule has 0 bridgehead atoms. The molecule has 1 heterocycles. The Bertz CT molecular complexity index is 692. The molecule has 21 heavy (non-hydrogen) atoms. The molecule has 1 aromatic carbocycles. The van der Waals surface area contributed by atoms with Crippen LogP contribution in [0.25, 0.3) is 0 Å². The van der Waals surface area contributed by atoms with Gasteiger partial charge < -0.3 is 10.1 Å². The minimum atomic E-state index is 0.443. The fourth-order valence-corrected chi connectivity index (χ4v) is 1.89. The second-order valence-corrected chi connectivity index (χ2v) is 4.86. The highest BCUT2D eigenvalue weighted by Gasteiger charge is 2.24. The number of aliphatic imine (C=N–C) groups is 1. The maximum atomic E-state index is 9.25. The van der Waals surface area contributed by atoms with E-state index in [1.165, 1.54) is 0 Å². The summed E-state index contributed by atoms with van der Waals surface area (Å²) in [6, 6.07) is 10.1. The quantitative estimate of drug-likeness (QED) is 0.825. The third kappa shape index (κ3) is 3.03. The third-order valence-corrected chi connectivity index (χ3v) is 3.24. The Balaban J connectivity index is 1.78. The molecule has 1 aliphatic carbocycles. The van der Waals surface area contributed by atoms with Crippen LogP contribution in [0.2, 0.25) is 0 Å². The zero-order valence-corrected chi connectivity index (χ0v) is 11.6. The highest BCUT2D eigenvalue weighted by Crippen LogP contribution is 2.29. The predicted octanol–water partition coefficient (Wildman–Crippen LogP) is 2.61. The molecule has 3 rings (SSSR count). The number of rotatable bonds is 5. The zero-order valence-electron chi connectivity index (χ0n) is 11.6. The maximum Gasteiger partial charge on any atom is 0.168 e. The van der Waals surface area contributed by atoms with Crippen LogP contribution < -0.4 is 10.1 Å². The van der Waals surface area contributed by atoms with E-state index in [2.05, 4.69) is 26.6 Å². The fourth-order valence-electron chi connectivity index (χ4n) is 1.89. The average molecular weight is 281 g/mol. The Morgan fingerprint density at radius 1 is 1.43 bits per heavy atom. The minimum Gasteiger partial charge on any atom is -0.497 e. The van der Waals surface area contributed by atoms with Gasteiger partial charge in [0.25, 0.3) is 0 Å². The first kappa shape index (κ1) is 13.2. The van der Waals surface area contributed by atoms with Gasteiger partial charge in [0.1, 0.15) is 17.4 Å². The van der Waals surface area contributed by atoms with E-state index >= 15 is 0 Å². The molecular weight excluding hydrogens is 266 g/mol. The number of nitriles is 1. The summed E-state index contributed by atoms with van der Waals surface area (Å²) in [5, 5.41) is 19.4. The Morgan fingerprint density at radius 2 is 2.19 bits per heavy atom. The van der Waals surface area contributed by atoms with Crippen molar-refractivity contribution < 1.29 is 4.74 Å². The van der Waals surface area contributed by atoms with E-state index in [1.54, 1.807) is 13.3 Å². The summed E-state index contributed by atoms with van der Waals surface area (Å²) in [4.78, 5) is 4.30. The van der Waals surface area contributed by atoms with Gasteiger partial charge in [0, 0.05) is 12.3 Å². The molecule has 6 nitrogen and oxygen atoms in total. The number of aromatic amines is 1. The number of aromatic nitrogens is 2. The van der Waals surface area contributed by atoms with Gasteiger partial charge in [0.05, 0.1) is 7.11 Å². The van der Waals surface area contributed by atoms with Crippen molar-refractivity contribution in [1.82, 2.24) is 10.2 Å². The molecule has 0 spiro atoms. The SMILES string of the molecule is COc1ccc(C=Nc2[nH]nc(NC3CC3)c2C#N)cc1. The molecule has 0 aliphatic heterocycles. The van der Waals surface area contributed by atoms with E-state index in [0.29, 0.717) is 23.2 Å². The van der Waals surface area contributed by atoms with Crippen LogP contribution in [-0.2, 0) is 0 Å². The number of ether oxygens (including phenoxy) is 1. The second-order valence-electron chi connectivity index (χ2n) is 4.86. The summed E-state index contributed by atoms with van der Waals surface area (Å²) in [7, 11) is 1.63. The fraction of sp³-hybridized carbons (Fsp3) is 0.267. The Morgan fingerprint density at radius 3 is 2.81 bits per heavy atom. The Hall–Kier alpha value is -2.81. The largest absolute Gasteiger partial charge is 0.497 e. The van der Waals surface area contributed by atoms with Gasteiger partial charge >= 0.3 is 0 Å². The van der Waals surface area contributed by atoms with Gasteiger partial charge in [-0.05, 0) is 42.7 Å². The molecule has 6 heteroatoms. The Kier molecular flexibility index (Phi) is 3.56. The molecule has 1 aliphatic rings. The minimum absolute atomic E-state index is 0.443. The molecule has 0 radical (unpaired) electrons. The molecule has 1 saturated carbocycles. The van der Waals surface area contributed by atoms with Crippen LogP contribution in [0.1, 0.15) is 24.0 Å². The monoisotopic (exact) mass is 281 g/mol. The molecule has 0 unspecified atom stereocenters. The van der Waals surface area contributed by atoms with Crippen molar-refractivity contribution in [1.29, 1.82) is 5.26 Å². The first-order valence-corrected chi connectivity index (χ1v) is 6.73. The van der Waals surface area contributed by atoms with Crippen LogP contribution in [0.5, 0.6) is 5.75 Å². The van der Waals surface area contributed by atoms with Crippen LogP contribution in [0.4, 0.5) is 11.6 Å². The highest BCUT2D eigenvalue weighted by molar-refractivity contribution is 5.83. The standard InChI is InChI=1S/C15H15N5O/c1-21-12-6-2-10(3-7-12)9-17-14-13(8-16)15(20-19-14)18-11-4-5-11/h2-3,6-7,9,11H,4-5H2,1H3,(H2,18,19,20). The van der Waals surface area contributed by atoms with Gasteiger partial charge in [-0.15, -0.1) is 0 Å². The van der Waals surface area contributed by atoms with Gasteiger partial charge in [-0.25, -0.2) is 4.99 Å². The molecule has 2 aromatic rings. The first-order valence-electron chi connectivity index (χ1n) is 6.73. The zero-order chi connectivity index (χ0) is 14.7. The second kappa shape index (κ2) is 5.67.